The minimum atomic E-state index is 0.899. The number of hydrogen-bond donors (Lipinski definition) is 0. The second-order valence-electron chi connectivity index (χ2n) is 11.7. The highest BCUT2D eigenvalue weighted by Gasteiger charge is 2.22. The van der Waals surface area contributed by atoms with Crippen molar-refractivity contribution < 1.29 is 4.42 Å². The zero-order valence-electron chi connectivity index (χ0n) is 24.3. The summed E-state index contributed by atoms with van der Waals surface area (Å²) in [7, 11) is 0. The monoisotopic (exact) mass is 574 g/mol. The third kappa shape index (κ3) is 3.41. The fraction of sp³-hybridized carbons (Fsp3) is 0. The van der Waals surface area contributed by atoms with Crippen LogP contribution >= 0.6 is 0 Å². The van der Waals surface area contributed by atoms with Crippen molar-refractivity contribution in [2.75, 3.05) is 0 Å². The molecule has 0 bridgehead atoms. The molecule has 10 rings (SSSR count). The molecule has 0 aliphatic carbocycles. The molecule has 0 fully saturated rings. The molecule has 0 unspecified atom stereocenters. The van der Waals surface area contributed by atoms with Crippen molar-refractivity contribution in [3.05, 3.63) is 158 Å². The normalized spacial score (nSPS) is 12.0. The second-order valence-corrected chi connectivity index (χ2v) is 11.7. The van der Waals surface area contributed by atoms with Gasteiger partial charge in [-0.05, 0) is 65.7 Å². The van der Waals surface area contributed by atoms with Crippen LogP contribution in [0.15, 0.2) is 162 Å². The molecule has 0 amide bonds. The summed E-state index contributed by atoms with van der Waals surface area (Å²) in [5.74, 6) is 0. The maximum atomic E-state index is 6.35. The van der Waals surface area contributed by atoms with Crippen molar-refractivity contribution >= 4 is 65.6 Å². The molecule has 7 aromatic carbocycles. The second kappa shape index (κ2) is 9.22. The van der Waals surface area contributed by atoms with E-state index in [9.17, 15) is 0 Å². The van der Waals surface area contributed by atoms with Gasteiger partial charge >= 0.3 is 0 Å². The summed E-state index contributed by atoms with van der Waals surface area (Å²) in [6, 6.07) is 56.5. The lowest BCUT2D eigenvalue weighted by Gasteiger charge is -2.15. The van der Waals surface area contributed by atoms with Gasteiger partial charge in [-0.2, -0.15) is 0 Å². The van der Waals surface area contributed by atoms with E-state index in [0.29, 0.717) is 0 Å². The van der Waals surface area contributed by atoms with Gasteiger partial charge in [-0.25, -0.2) is 0 Å². The predicted molar refractivity (Wildman–Crippen MR) is 188 cm³/mol. The minimum Gasteiger partial charge on any atom is -0.456 e. The maximum Gasteiger partial charge on any atom is 0.136 e. The molecule has 3 aromatic heterocycles. The first-order valence-corrected chi connectivity index (χ1v) is 15.4. The molecule has 3 heterocycles. The van der Waals surface area contributed by atoms with E-state index in [2.05, 4.69) is 161 Å². The molecular weight excluding hydrogens is 548 g/mol. The topological polar surface area (TPSA) is 23.0 Å². The van der Waals surface area contributed by atoms with Crippen LogP contribution in [0.3, 0.4) is 0 Å². The molecule has 0 N–H and O–H groups in total. The van der Waals surface area contributed by atoms with E-state index >= 15 is 0 Å². The Kier molecular flexibility index (Phi) is 5.00. The highest BCUT2D eigenvalue weighted by Crippen LogP contribution is 2.44. The number of furan rings is 1. The fourth-order valence-corrected chi connectivity index (χ4v) is 7.46. The quantitative estimate of drug-likeness (QED) is 0.206. The molecule has 3 heteroatoms. The molecule has 0 aliphatic rings. The van der Waals surface area contributed by atoms with Crippen LogP contribution in [0.5, 0.6) is 0 Å². The Labute approximate surface area is 258 Å². The Bertz CT molecular complexity index is 2710. The molecule has 0 saturated carbocycles. The summed E-state index contributed by atoms with van der Waals surface area (Å²) >= 11 is 0. The smallest absolute Gasteiger partial charge is 0.136 e. The van der Waals surface area contributed by atoms with Gasteiger partial charge in [0.05, 0.1) is 27.8 Å². The van der Waals surface area contributed by atoms with Crippen molar-refractivity contribution in [1.29, 1.82) is 0 Å². The number of para-hydroxylation sites is 5. The van der Waals surface area contributed by atoms with Crippen LogP contribution in [0.25, 0.3) is 88.1 Å². The van der Waals surface area contributed by atoms with Crippen molar-refractivity contribution in [1.82, 2.24) is 9.13 Å². The standard InChI is InChI=1S/C42H26N2O/c1-2-13-28(14-3-1)43-36-22-10-6-17-32(36)42-37(43)25-27(29-19-12-24-40-41(29)33-18-7-11-23-39(33)45-40)26-38(42)44-34-20-8-4-15-30(34)31-16-5-9-21-35(31)44/h1-26H. The molecule has 0 atom stereocenters. The highest BCUT2D eigenvalue weighted by molar-refractivity contribution is 6.19. The third-order valence-electron chi connectivity index (χ3n) is 9.30. The van der Waals surface area contributed by atoms with E-state index in [4.69, 9.17) is 4.42 Å². The summed E-state index contributed by atoms with van der Waals surface area (Å²) in [5, 5.41) is 7.23. The minimum absolute atomic E-state index is 0.899. The number of benzene rings is 7. The zero-order valence-corrected chi connectivity index (χ0v) is 24.3. The lowest BCUT2D eigenvalue weighted by molar-refractivity contribution is 0.669. The van der Waals surface area contributed by atoms with Crippen molar-refractivity contribution in [2.45, 2.75) is 0 Å². The first-order valence-electron chi connectivity index (χ1n) is 15.4. The van der Waals surface area contributed by atoms with E-state index in [-0.39, 0.29) is 0 Å². The number of hydrogen-bond acceptors (Lipinski definition) is 1. The largest absolute Gasteiger partial charge is 0.456 e. The van der Waals surface area contributed by atoms with Gasteiger partial charge in [0.15, 0.2) is 0 Å². The molecule has 0 aliphatic heterocycles. The third-order valence-corrected chi connectivity index (χ3v) is 9.30. The Morgan fingerprint density at radius 3 is 1.69 bits per heavy atom. The Hall–Kier alpha value is -6.06. The summed E-state index contributed by atoms with van der Waals surface area (Å²) in [6.07, 6.45) is 0. The van der Waals surface area contributed by atoms with Gasteiger partial charge in [0.25, 0.3) is 0 Å². The van der Waals surface area contributed by atoms with E-state index < -0.39 is 0 Å². The van der Waals surface area contributed by atoms with Crippen molar-refractivity contribution in [3.63, 3.8) is 0 Å². The molecule has 10 aromatic rings. The van der Waals surface area contributed by atoms with E-state index in [0.717, 1.165) is 44.4 Å². The van der Waals surface area contributed by atoms with Gasteiger partial charge in [-0.15, -0.1) is 0 Å². The number of rotatable bonds is 3. The maximum absolute atomic E-state index is 6.35. The summed E-state index contributed by atoms with van der Waals surface area (Å²) in [4.78, 5) is 0. The Morgan fingerprint density at radius 1 is 0.378 bits per heavy atom. The predicted octanol–water partition coefficient (Wildman–Crippen LogP) is 11.4. The Morgan fingerprint density at radius 2 is 0.956 bits per heavy atom. The lowest BCUT2D eigenvalue weighted by Crippen LogP contribution is -1.98. The molecule has 210 valence electrons. The van der Waals surface area contributed by atoms with Gasteiger partial charge in [0.1, 0.15) is 11.2 Å². The van der Waals surface area contributed by atoms with E-state index in [1.165, 1.54) is 43.6 Å². The van der Waals surface area contributed by atoms with Gasteiger partial charge in [-0.1, -0.05) is 103 Å². The van der Waals surface area contributed by atoms with Gasteiger partial charge in [0.2, 0.25) is 0 Å². The van der Waals surface area contributed by atoms with Crippen molar-refractivity contribution in [2.24, 2.45) is 0 Å². The highest BCUT2D eigenvalue weighted by atomic mass is 16.3. The van der Waals surface area contributed by atoms with Gasteiger partial charge in [0, 0.05) is 38.0 Å². The van der Waals surface area contributed by atoms with Gasteiger partial charge < -0.3 is 13.6 Å². The van der Waals surface area contributed by atoms with E-state index in [1.807, 2.05) is 6.07 Å². The molecule has 45 heavy (non-hydrogen) atoms. The van der Waals surface area contributed by atoms with Crippen LogP contribution in [0.4, 0.5) is 0 Å². The average molecular weight is 575 g/mol. The molecular formula is C42H26N2O. The fourth-order valence-electron chi connectivity index (χ4n) is 7.46. The summed E-state index contributed by atoms with van der Waals surface area (Å²) in [5.41, 5.74) is 11.2. The zero-order chi connectivity index (χ0) is 29.5. The van der Waals surface area contributed by atoms with Gasteiger partial charge in [-0.3, -0.25) is 0 Å². The molecule has 3 nitrogen and oxygen atoms in total. The summed E-state index contributed by atoms with van der Waals surface area (Å²) in [6.45, 7) is 0. The first kappa shape index (κ1) is 24.4. The first-order chi connectivity index (χ1) is 22.3. The molecule has 0 radical (unpaired) electrons. The Balaban J connectivity index is 1.44. The number of aromatic nitrogens is 2. The van der Waals surface area contributed by atoms with Crippen LogP contribution in [0, 0.1) is 0 Å². The number of fused-ring (bicyclic) bond motifs is 9. The lowest BCUT2D eigenvalue weighted by atomic mass is 9.97. The van der Waals surface area contributed by atoms with E-state index in [1.54, 1.807) is 0 Å². The average Bonchev–Trinajstić information content (AvgIpc) is 3.76. The van der Waals surface area contributed by atoms with Crippen LogP contribution in [0.1, 0.15) is 0 Å². The van der Waals surface area contributed by atoms with Crippen LogP contribution in [0.2, 0.25) is 0 Å². The van der Waals surface area contributed by atoms with Crippen LogP contribution < -0.4 is 0 Å². The summed E-state index contributed by atoms with van der Waals surface area (Å²) < 4.78 is 11.2. The SMILES string of the molecule is c1ccc(-n2c3ccccc3c3c(-n4c5ccccc5c5ccccc54)cc(-c4cccc5oc6ccccc6c45)cc32)cc1. The van der Waals surface area contributed by atoms with Crippen molar-refractivity contribution in [3.8, 4) is 22.5 Å². The van der Waals surface area contributed by atoms with Crippen LogP contribution in [-0.4, -0.2) is 9.13 Å². The number of nitrogens with zero attached hydrogens (tertiary/aromatic N) is 2. The molecule has 0 saturated heterocycles. The molecule has 0 spiro atoms. The van der Waals surface area contributed by atoms with Crippen LogP contribution in [-0.2, 0) is 0 Å².